The molecule has 5 rings (SSSR count). The topological polar surface area (TPSA) is 123 Å². The molecule has 0 radical (unpaired) electrons. The van der Waals surface area contributed by atoms with Crippen LogP contribution in [-0.4, -0.2) is 61.3 Å². The molecular formula is C21H22ClN9O2S. The van der Waals surface area contributed by atoms with Gasteiger partial charge in [-0.2, -0.15) is 10.2 Å². The largest absolute Gasteiger partial charge is 0.372 e. The molecule has 5 heterocycles. The first-order chi connectivity index (χ1) is 16.4. The zero-order chi connectivity index (χ0) is 23.8. The Kier molecular flexibility index (Phi) is 6.02. The number of thiazole rings is 1. The number of carbonyl (C=O) groups excluding carboxylic acids is 1. The Hall–Kier alpha value is -3.35. The maximum atomic E-state index is 12.9. The summed E-state index contributed by atoms with van der Waals surface area (Å²) in [5.41, 5.74) is 2.59. The van der Waals surface area contributed by atoms with Gasteiger partial charge in [-0.15, -0.1) is 4.80 Å². The smallest absolute Gasteiger partial charge is 0.323 e. The van der Waals surface area contributed by atoms with E-state index in [0.29, 0.717) is 35.3 Å². The number of nitrogens with zero attached hydrogens (tertiary/aromatic N) is 7. The number of hydrogen-bond donors (Lipinski definition) is 2. The van der Waals surface area contributed by atoms with Gasteiger partial charge in [0.2, 0.25) is 0 Å². The summed E-state index contributed by atoms with van der Waals surface area (Å²) in [5, 5.41) is 14.9. The number of ether oxygens (including phenoxy) is 1. The summed E-state index contributed by atoms with van der Waals surface area (Å²) in [6.45, 7) is 7.37. The van der Waals surface area contributed by atoms with Gasteiger partial charge in [0.05, 0.1) is 64.1 Å². The number of aromatic nitrogens is 6. The predicted octanol–water partition coefficient (Wildman–Crippen LogP) is 3.89. The van der Waals surface area contributed by atoms with Crippen molar-refractivity contribution in [3.05, 3.63) is 40.9 Å². The monoisotopic (exact) mass is 499 g/mol. The van der Waals surface area contributed by atoms with Crippen molar-refractivity contribution in [2.24, 2.45) is 0 Å². The number of amides is 2. The van der Waals surface area contributed by atoms with Crippen molar-refractivity contribution < 1.29 is 9.53 Å². The van der Waals surface area contributed by atoms with Crippen LogP contribution < -0.4 is 15.5 Å². The minimum absolute atomic E-state index is 0.0457. The summed E-state index contributed by atoms with van der Waals surface area (Å²) in [4.78, 5) is 30.7. The van der Waals surface area contributed by atoms with Crippen molar-refractivity contribution in [1.29, 1.82) is 0 Å². The van der Waals surface area contributed by atoms with E-state index >= 15 is 0 Å². The average molecular weight is 500 g/mol. The third kappa shape index (κ3) is 4.52. The summed E-state index contributed by atoms with van der Waals surface area (Å²) in [5.74, 6) is 0.365. The number of aryl methyl sites for hydroxylation is 1. The lowest BCUT2D eigenvalue weighted by atomic mass is 10.2. The highest BCUT2D eigenvalue weighted by atomic mass is 35.5. The van der Waals surface area contributed by atoms with Gasteiger partial charge in [-0.3, -0.25) is 0 Å². The molecule has 0 aliphatic carbocycles. The van der Waals surface area contributed by atoms with Crippen molar-refractivity contribution in [3.63, 3.8) is 0 Å². The maximum absolute atomic E-state index is 12.9. The average Bonchev–Trinajstić information content (AvgIpc) is 3.42. The van der Waals surface area contributed by atoms with Crippen LogP contribution in [0.25, 0.3) is 16.2 Å². The number of rotatable bonds is 4. The van der Waals surface area contributed by atoms with Crippen molar-refractivity contribution in [3.8, 4) is 5.82 Å². The van der Waals surface area contributed by atoms with Crippen LogP contribution in [-0.2, 0) is 4.74 Å². The second-order valence-electron chi connectivity index (χ2n) is 8.00. The summed E-state index contributed by atoms with van der Waals surface area (Å²) < 4.78 is 5.90. The molecule has 2 amide bonds. The zero-order valence-corrected chi connectivity index (χ0v) is 20.3. The Morgan fingerprint density at radius 2 is 1.88 bits per heavy atom. The van der Waals surface area contributed by atoms with E-state index in [9.17, 15) is 4.79 Å². The van der Waals surface area contributed by atoms with Crippen molar-refractivity contribution in [2.45, 2.75) is 33.0 Å². The summed E-state index contributed by atoms with van der Waals surface area (Å²) in [6, 6.07) is 1.14. The van der Waals surface area contributed by atoms with Crippen LogP contribution in [0.5, 0.6) is 0 Å². The predicted molar refractivity (Wildman–Crippen MR) is 131 cm³/mol. The Morgan fingerprint density at radius 3 is 2.59 bits per heavy atom. The standard InChI is InChI=1S/C21H22ClN9O2S/c1-11-9-30(10-12(2)33-11)18-16(8-24-20-17(18)27-13(3)34-20)29-21(32)28-14-6-15(22)19(23-7-14)31-25-4-5-26-31/h4-8,11-12H,9-10H2,1-3H3,(H2,28,29,32). The lowest BCUT2D eigenvalue weighted by Gasteiger charge is -2.37. The first kappa shape index (κ1) is 22.4. The Morgan fingerprint density at radius 1 is 1.15 bits per heavy atom. The van der Waals surface area contributed by atoms with Crippen molar-refractivity contribution in [2.75, 3.05) is 28.6 Å². The van der Waals surface area contributed by atoms with Crippen LogP contribution >= 0.6 is 22.9 Å². The minimum Gasteiger partial charge on any atom is -0.372 e. The number of morpholine rings is 1. The van der Waals surface area contributed by atoms with Gasteiger partial charge < -0.3 is 20.3 Å². The second kappa shape index (κ2) is 9.12. The molecule has 1 aliphatic heterocycles. The molecule has 1 fully saturated rings. The van der Waals surface area contributed by atoms with E-state index in [1.807, 2.05) is 20.8 Å². The van der Waals surface area contributed by atoms with E-state index in [2.05, 4.69) is 35.7 Å². The lowest BCUT2D eigenvalue weighted by molar-refractivity contribution is -0.00509. The van der Waals surface area contributed by atoms with Crippen LogP contribution in [0.3, 0.4) is 0 Å². The third-order valence-corrected chi connectivity index (χ3v) is 6.34. The lowest BCUT2D eigenvalue weighted by Crippen LogP contribution is -2.46. The van der Waals surface area contributed by atoms with E-state index in [4.69, 9.17) is 21.3 Å². The molecule has 0 saturated carbocycles. The molecule has 2 atom stereocenters. The molecule has 0 bridgehead atoms. The van der Waals surface area contributed by atoms with Crippen LogP contribution in [0, 0.1) is 6.92 Å². The number of hydrogen-bond acceptors (Lipinski definition) is 9. The third-order valence-electron chi connectivity index (χ3n) is 5.18. The normalized spacial score (nSPS) is 18.3. The quantitative estimate of drug-likeness (QED) is 0.433. The van der Waals surface area contributed by atoms with Gasteiger partial charge >= 0.3 is 6.03 Å². The fraction of sp³-hybridized carbons (Fsp3) is 0.333. The van der Waals surface area contributed by atoms with Crippen LogP contribution in [0.1, 0.15) is 18.9 Å². The van der Waals surface area contributed by atoms with Gasteiger partial charge in [-0.05, 0) is 26.8 Å². The summed E-state index contributed by atoms with van der Waals surface area (Å²) >= 11 is 7.84. The van der Waals surface area contributed by atoms with E-state index in [-0.39, 0.29) is 12.2 Å². The second-order valence-corrected chi connectivity index (χ2v) is 9.59. The number of nitrogens with one attached hydrogen (secondary N) is 2. The van der Waals surface area contributed by atoms with E-state index in [1.165, 1.54) is 34.7 Å². The van der Waals surface area contributed by atoms with Crippen LogP contribution in [0.15, 0.2) is 30.9 Å². The molecule has 13 heteroatoms. The molecule has 4 aromatic heterocycles. The molecule has 2 unspecified atom stereocenters. The molecule has 176 valence electrons. The number of anilines is 3. The van der Waals surface area contributed by atoms with Gasteiger partial charge in [-0.25, -0.2) is 19.7 Å². The van der Waals surface area contributed by atoms with Crippen molar-refractivity contribution in [1.82, 2.24) is 29.9 Å². The van der Waals surface area contributed by atoms with Gasteiger partial charge in [0, 0.05) is 13.1 Å². The van der Waals surface area contributed by atoms with Crippen LogP contribution in [0.2, 0.25) is 5.02 Å². The first-order valence-electron chi connectivity index (χ1n) is 10.6. The highest BCUT2D eigenvalue weighted by molar-refractivity contribution is 7.18. The van der Waals surface area contributed by atoms with E-state index < -0.39 is 6.03 Å². The molecule has 1 aliphatic rings. The molecule has 2 N–H and O–H groups in total. The van der Waals surface area contributed by atoms with Gasteiger partial charge in [0.25, 0.3) is 0 Å². The number of urea groups is 1. The molecule has 0 spiro atoms. The maximum Gasteiger partial charge on any atom is 0.323 e. The number of pyridine rings is 2. The number of carbonyl (C=O) groups is 1. The molecule has 4 aromatic rings. The molecular weight excluding hydrogens is 478 g/mol. The molecule has 0 aromatic carbocycles. The number of fused-ring (bicyclic) bond motifs is 1. The van der Waals surface area contributed by atoms with Gasteiger partial charge in [0.15, 0.2) is 5.82 Å². The van der Waals surface area contributed by atoms with Gasteiger partial charge in [0.1, 0.15) is 10.3 Å². The molecule has 11 nitrogen and oxygen atoms in total. The molecule has 34 heavy (non-hydrogen) atoms. The Bertz CT molecular complexity index is 1330. The Balaban J connectivity index is 1.41. The first-order valence-corrected chi connectivity index (χ1v) is 11.8. The highest BCUT2D eigenvalue weighted by Gasteiger charge is 2.27. The summed E-state index contributed by atoms with van der Waals surface area (Å²) in [6.07, 6.45) is 6.30. The van der Waals surface area contributed by atoms with Crippen LogP contribution in [0.4, 0.5) is 21.9 Å². The van der Waals surface area contributed by atoms with E-state index in [0.717, 1.165) is 21.0 Å². The number of halogens is 1. The SMILES string of the molecule is Cc1nc2c(N3CC(C)OC(C)C3)c(NC(=O)Nc3cnc(-n4nccn4)c(Cl)c3)cnc2s1. The van der Waals surface area contributed by atoms with E-state index in [1.54, 1.807) is 12.3 Å². The fourth-order valence-electron chi connectivity index (χ4n) is 4.00. The fourth-order valence-corrected chi connectivity index (χ4v) is 5.00. The summed E-state index contributed by atoms with van der Waals surface area (Å²) in [7, 11) is 0. The zero-order valence-electron chi connectivity index (χ0n) is 18.7. The minimum atomic E-state index is -0.452. The highest BCUT2D eigenvalue weighted by Crippen LogP contribution is 2.37. The van der Waals surface area contributed by atoms with Gasteiger partial charge in [-0.1, -0.05) is 22.9 Å². The van der Waals surface area contributed by atoms with Crippen molar-refractivity contribution >= 4 is 56.4 Å². The Labute approximate surface area is 204 Å². The molecule has 1 saturated heterocycles.